The Kier molecular flexibility index (Phi) is 70.8. The van der Waals surface area contributed by atoms with Gasteiger partial charge in [0.2, 0.25) is 0 Å². The molecule has 6 heteroatoms. The predicted octanol–water partition coefficient (Wildman–Crippen LogP) is 0.986. The lowest BCUT2D eigenvalue weighted by atomic mass is 10.4. The van der Waals surface area contributed by atoms with Crippen LogP contribution in [0, 0.1) is 0 Å². The molecule has 3 nitrogen and oxygen atoms in total. The smallest absolute Gasteiger partial charge is 0.0377 e. The normalized spacial score (nSPS) is 7.20. The molecular weight excluding hydrogens is 231 g/mol. The summed E-state index contributed by atoms with van der Waals surface area (Å²) in [6.45, 7) is 10.3. The summed E-state index contributed by atoms with van der Waals surface area (Å²) in [5.41, 5.74) is 24.2. The van der Waals surface area contributed by atoms with Crippen molar-refractivity contribution in [2.24, 2.45) is 0 Å². The topological polar surface area (TPSA) is 66.9 Å². The quantitative estimate of drug-likeness (QED) is 0.581. The lowest BCUT2D eigenvalue weighted by Crippen LogP contribution is -1.89. The fourth-order valence-electron chi connectivity index (χ4n) is 0. The molecule has 0 saturated carbocycles. The van der Waals surface area contributed by atoms with Gasteiger partial charge in [-0.25, -0.2) is 0 Å². The lowest BCUT2D eigenvalue weighted by molar-refractivity contribution is 0.804. The van der Waals surface area contributed by atoms with Gasteiger partial charge in [0.1, 0.15) is 0 Å². The minimum Gasteiger partial charge on any atom is -0.142 e. The summed E-state index contributed by atoms with van der Waals surface area (Å²) in [7, 11) is 0. The van der Waals surface area contributed by atoms with Crippen LogP contribution in [0.4, 0.5) is 0 Å². The van der Waals surface area contributed by atoms with Crippen molar-refractivity contribution < 1.29 is 4.28 Å². The third-order valence-corrected chi connectivity index (χ3v) is 0. The van der Waals surface area contributed by atoms with E-state index in [0.29, 0.717) is 0 Å². The number of rotatable bonds is 0. The van der Waals surface area contributed by atoms with Crippen molar-refractivity contribution in [2.75, 3.05) is 0 Å². The van der Waals surface area contributed by atoms with Crippen LogP contribution in [0.2, 0.25) is 0 Å². The molecule has 0 aromatic carbocycles. The van der Waals surface area contributed by atoms with Crippen molar-refractivity contribution in [3.05, 3.63) is 0 Å². The SMILES string of the molecule is CC(C)[N].CC(C)[N].CC(C)[N].[Al].[Al].[Al].[HH].[HH].[HH]. The largest absolute Gasteiger partial charge is 0.142 e. The summed E-state index contributed by atoms with van der Waals surface area (Å²) in [6.07, 6.45) is 0. The Morgan fingerprint density at radius 2 is 0.533 bits per heavy atom. The van der Waals surface area contributed by atoms with Gasteiger partial charge in [-0.3, -0.25) is 0 Å². The Bertz CT molecular complexity index is 60.8. The third-order valence-electron chi connectivity index (χ3n) is 0. The van der Waals surface area contributed by atoms with E-state index in [1.165, 1.54) is 0 Å². The molecule has 0 aromatic heterocycles. The van der Waals surface area contributed by atoms with Gasteiger partial charge >= 0.3 is 0 Å². The van der Waals surface area contributed by atoms with Crippen molar-refractivity contribution in [2.45, 2.75) is 59.7 Å². The highest BCUT2D eigenvalue weighted by Crippen LogP contribution is 1.63. The van der Waals surface area contributed by atoms with Crippen LogP contribution >= 0.6 is 0 Å². The van der Waals surface area contributed by atoms with Crippen LogP contribution < -0.4 is 17.2 Å². The summed E-state index contributed by atoms with van der Waals surface area (Å²) in [5, 5.41) is 0. The van der Waals surface area contributed by atoms with Gasteiger partial charge in [0.05, 0.1) is 0 Å². The Morgan fingerprint density at radius 1 is 0.533 bits per heavy atom. The first-order valence-corrected chi connectivity index (χ1v) is 4.24. The van der Waals surface area contributed by atoms with Gasteiger partial charge in [0.15, 0.2) is 0 Å². The van der Waals surface area contributed by atoms with E-state index in [1.807, 2.05) is 0 Å². The second kappa shape index (κ2) is 29.6. The number of hydrogen-bond acceptors (Lipinski definition) is 0. The molecule has 0 rings (SSSR count). The highest BCUT2D eigenvalue weighted by molar-refractivity contribution is 5.76. The molecule has 0 amide bonds. The maximum absolute atomic E-state index is 8.06. The second-order valence-corrected chi connectivity index (χ2v) is 3.28. The lowest BCUT2D eigenvalue weighted by Gasteiger charge is -1.75. The summed E-state index contributed by atoms with van der Waals surface area (Å²) in [6, 6.07) is -0.500. The number of nitrogens with zero attached hydrogens (tertiary/aromatic N) is 3. The van der Waals surface area contributed by atoms with E-state index in [4.69, 9.17) is 17.2 Å². The maximum atomic E-state index is 8.06. The molecule has 0 aliphatic carbocycles. The Morgan fingerprint density at radius 3 is 0.533 bits per heavy atom. The molecule has 0 fully saturated rings. The molecule has 0 aromatic rings. The third kappa shape index (κ3) is 1290. The average molecular weight is 258 g/mol. The maximum Gasteiger partial charge on any atom is 0.0377 e. The molecule has 87 valence electrons. The molecule has 0 bridgehead atoms. The van der Waals surface area contributed by atoms with Gasteiger partial charge in [-0.15, -0.1) is 17.2 Å². The predicted molar refractivity (Wildman–Crippen MR) is 75.4 cm³/mol. The molecule has 15 heavy (non-hydrogen) atoms. The van der Waals surface area contributed by atoms with E-state index < -0.39 is 0 Å². The minimum absolute atomic E-state index is 0. The second-order valence-electron chi connectivity index (χ2n) is 3.28. The first-order valence-electron chi connectivity index (χ1n) is 4.24. The first kappa shape index (κ1) is 36.0. The zero-order valence-corrected chi connectivity index (χ0v) is 14.3. The molecule has 0 aliphatic heterocycles. The van der Waals surface area contributed by atoms with Crippen LogP contribution in [0.1, 0.15) is 45.8 Å². The van der Waals surface area contributed by atoms with Crippen molar-refractivity contribution >= 4 is 52.1 Å². The van der Waals surface area contributed by atoms with Crippen LogP contribution in [0.15, 0.2) is 0 Å². The van der Waals surface area contributed by atoms with Crippen molar-refractivity contribution in [3.8, 4) is 0 Å². The Balaban J connectivity index is -0.00000000827. The van der Waals surface area contributed by atoms with Gasteiger partial charge < -0.3 is 0 Å². The molecule has 0 heterocycles. The fourth-order valence-corrected chi connectivity index (χ4v) is 0. The summed E-state index contributed by atoms with van der Waals surface area (Å²) in [5.74, 6) is 0. The molecule has 0 unspecified atom stereocenters. The van der Waals surface area contributed by atoms with Crippen LogP contribution in [-0.2, 0) is 0 Å². The van der Waals surface area contributed by atoms with E-state index >= 15 is 0 Å². The molecule has 0 saturated heterocycles. The molecule has 0 aliphatic rings. The minimum atomic E-state index is -0.167. The summed E-state index contributed by atoms with van der Waals surface area (Å²) < 4.78 is 0. The molecule has 0 N–H and O–H groups in total. The fraction of sp³-hybridized carbons (Fsp3) is 1.00. The Labute approximate surface area is 133 Å². The van der Waals surface area contributed by atoms with Crippen LogP contribution in [-0.4, -0.2) is 70.2 Å². The monoisotopic (exact) mass is 258 g/mol. The zero-order chi connectivity index (χ0) is 10.7. The molecule has 0 spiro atoms. The van der Waals surface area contributed by atoms with Gasteiger partial charge in [-0.1, -0.05) is 0 Å². The van der Waals surface area contributed by atoms with E-state index in [2.05, 4.69) is 0 Å². The average Bonchev–Trinajstić information content (AvgIpc) is 1.54. The van der Waals surface area contributed by atoms with Gasteiger partial charge in [0.25, 0.3) is 0 Å². The zero-order valence-electron chi connectivity index (χ0n) is 10.8. The first-order chi connectivity index (χ1) is 5.20. The van der Waals surface area contributed by atoms with Crippen molar-refractivity contribution in [3.63, 3.8) is 0 Å². The van der Waals surface area contributed by atoms with Crippen molar-refractivity contribution in [1.29, 1.82) is 0 Å². The van der Waals surface area contributed by atoms with Crippen LogP contribution in [0.25, 0.3) is 0 Å². The van der Waals surface area contributed by atoms with Gasteiger partial charge in [0, 0.05) is 74.5 Å². The van der Waals surface area contributed by atoms with E-state index in [0.717, 1.165) is 0 Å². The van der Waals surface area contributed by atoms with Crippen LogP contribution in [0.5, 0.6) is 0 Å². The number of hydrogen-bond donors (Lipinski definition) is 0. The summed E-state index contributed by atoms with van der Waals surface area (Å²) >= 11 is 0. The van der Waals surface area contributed by atoms with E-state index in [9.17, 15) is 0 Å². The molecular formula is C9H27Al3N3. The van der Waals surface area contributed by atoms with E-state index in [-0.39, 0.29) is 74.5 Å². The molecule has 0 atom stereocenters. The highest BCUT2D eigenvalue weighted by atomic mass is 27.0. The highest BCUT2D eigenvalue weighted by Gasteiger charge is 1.72. The van der Waals surface area contributed by atoms with Crippen LogP contribution in [0.3, 0.4) is 0 Å². The standard InChI is InChI=1S/3C3H7N.3Al.3H2/c3*1-3(2)4;;;;;;/h3*3H,1-2H3;;;;3*1H. The van der Waals surface area contributed by atoms with E-state index in [1.54, 1.807) is 41.5 Å². The Hall–Kier alpha value is 1.48. The molecule has 15 radical (unpaired) electrons. The van der Waals surface area contributed by atoms with Crippen molar-refractivity contribution in [1.82, 2.24) is 17.2 Å². The van der Waals surface area contributed by atoms with Gasteiger partial charge in [-0.05, 0) is 41.5 Å². The van der Waals surface area contributed by atoms with Gasteiger partial charge in [-0.2, -0.15) is 0 Å². The summed E-state index contributed by atoms with van der Waals surface area (Å²) in [4.78, 5) is 0.